The number of nitrogen functional groups attached to an aromatic ring is 10. The van der Waals surface area contributed by atoms with Crippen LogP contribution in [-0.4, -0.2) is 349 Å². The van der Waals surface area contributed by atoms with Gasteiger partial charge in [-0.25, -0.2) is 34.5 Å². The van der Waals surface area contributed by atoms with Crippen LogP contribution in [-0.2, 0) is 33.2 Å². The van der Waals surface area contributed by atoms with Gasteiger partial charge in [0.05, 0.1) is 132 Å². The lowest BCUT2D eigenvalue weighted by Gasteiger charge is -2.28. The number of aromatic nitrogens is 24. The molecule has 12 aromatic rings. The molecule has 70 nitrogen and oxygen atoms in total. The third-order valence-electron chi connectivity index (χ3n) is 24.4. The molecule has 72 heteroatoms. The van der Waals surface area contributed by atoms with Gasteiger partial charge in [0.1, 0.15) is 130 Å². The quantitative estimate of drug-likeness (QED) is 0.0243. The molecule has 7 saturated heterocycles. The van der Waals surface area contributed by atoms with Gasteiger partial charge in [-0.05, 0) is 38.8 Å². The van der Waals surface area contributed by atoms with E-state index in [0.717, 1.165) is 4.57 Å². The molecule has 19 rings (SSSR count). The van der Waals surface area contributed by atoms with Crippen molar-refractivity contribution >= 4 is 115 Å². The molecule has 0 unspecified atom stereocenters. The summed E-state index contributed by atoms with van der Waals surface area (Å²) in [6.07, 6.45) is -12.9. The van der Waals surface area contributed by atoms with Gasteiger partial charge in [0.25, 0.3) is 11.1 Å². The Balaban J connectivity index is 0.000000143. The number of azide groups is 2. The molecule has 0 saturated carbocycles. The van der Waals surface area contributed by atoms with Crippen LogP contribution in [0.15, 0.2) is 73.4 Å². The Morgan fingerprint density at radius 1 is 0.411 bits per heavy atom. The minimum absolute atomic E-state index is 0.00210. The van der Waals surface area contributed by atoms with Crippen LogP contribution in [0.2, 0.25) is 0 Å². The van der Waals surface area contributed by atoms with E-state index in [2.05, 4.69) is 94.8 Å². The van der Waals surface area contributed by atoms with Crippen LogP contribution in [0.3, 0.4) is 0 Å². The van der Waals surface area contributed by atoms with Crippen LogP contribution >= 0.6 is 0 Å². The van der Waals surface area contributed by atoms with Crippen LogP contribution in [0.1, 0.15) is 71.3 Å². The minimum Gasteiger partial charge on any atom is -0.394 e. The first-order chi connectivity index (χ1) is 69.1. The first-order valence-electron chi connectivity index (χ1n) is 42.7. The lowest BCUT2D eigenvalue weighted by molar-refractivity contribution is -0.0491. The molecule has 784 valence electrons. The minimum atomic E-state index is -1.67. The number of nitrogens with zero attached hydrogens (tertiary/aromatic N) is 30. The van der Waals surface area contributed by atoms with E-state index in [9.17, 15) is 94.7 Å². The highest BCUT2D eigenvalue weighted by atomic mass is 19.1. The Morgan fingerprint density at radius 3 is 1.08 bits per heavy atom. The third kappa shape index (κ3) is 20.0. The standard InChI is InChI=1S/C12H15N7O3.C11H17N7O3.C11H13N7O3.C10H12FN5O5.C10H14FN3O5.C10H13N9O3.C10H15N7O3/c1-12(3-13)7(21)5(2-20)22-10(12)19-4-16-6-8(14)17-11(15)18-9(6)19;1-11(14)6(20)4(2-19)21-9(11)18-3-15-5-7(12)16-10(13)17-8(5)18;12-1-4-7(20)5(2-19)21-10(4)18-3-15-6-8(13)16-11(14)17-9(6)18;1-10(14-15-12)6(18)5(3-17)21-8(10)16-2-4(11)7(19)13-9(16)20;1-10(12)6(16)5(3-15)19-8(10)14-2-4(11)7(17)13-9(14)18;11-7-5-8(16-10(12)15-7)19(2-14-5)9-4(17-18-13)6(21)3(1-20)22-9;11-4-6(19)3(1-18)20-9(4)17-2-14-5-7(12)15-10(13)16-8(5)17/h4-5,7,10,20-21H,2H2,1H3,(H4,14,15,17,18);3-4,6,9,19-20H,2,14H2,1H3,(H4,12,13,16,17);3-5,7,10,19-20H,2H2,(H4,13,14,16,17);2,5-6,8,17-18H,3H2,1H3,(H,13,19,20);2,5-6,8,15-16H,3,12H2,1H3,(H,13,17,18);2-4,6,9,20-21H,1H2,(H4,11,12,15,16);2-4,6,9,18-19H,1,11H2,(H4,12,13,15,16)/t5-,7-,10-,12-;4-,6-,9-,11-;4-,5-,7+,10-;2*5-,6-,8-,10-;2*3-,4-,6-,9-/m1111111/s1. The molecule has 0 spiro atoms. The number of nitrogens with one attached hydrogen (secondary N) is 2. The number of H-pyrrole nitrogens is 2. The van der Waals surface area contributed by atoms with Crippen LogP contribution < -0.4 is 97.0 Å². The fourth-order valence-corrected chi connectivity index (χ4v) is 16.7. The molecule has 146 heavy (non-hydrogen) atoms. The first kappa shape index (κ1) is 108. The normalized spacial score (nSPS) is 31.0. The second kappa shape index (κ2) is 42.9. The van der Waals surface area contributed by atoms with Crippen molar-refractivity contribution in [3.63, 3.8) is 0 Å². The van der Waals surface area contributed by atoms with E-state index in [-0.39, 0.29) is 77.7 Å². The summed E-state index contributed by atoms with van der Waals surface area (Å²) in [6, 6.07) is 2.32. The zero-order chi connectivity index (χ0) is 107. The van der Waals surface area contributed by atoms with Crippen molar-refractivity contribution in [2.24, 2.45) is 38.8 Å². The predicted octanol–water partition coefficient (Wildman–Crippen LogP) is -11.8. The summed E-state index contributed by atoms with van der Waals surface area (Å²) in [4.78, 5) is 114. The smallest absolute Gasteiger partial charge is 0.330 e. The second-order valence-corrected chi connectivity index (χ2v) is 34.0. The Hall–Kier alpha value is -15.4. The van der Waals surface area contributed by atoms with Crippen molar-refractivity contribution in [2.75, 3.05) is 104 Å². The number of ether oxygens (including phenoxy) is 7. The SMILES string of the molecule is C[C@@]1(C#N)[C@H](O)[C@@H](CO)O[C@H]1n1cnc2c(N)nc(N)nc21.C[C@@]1(N)[C@H](O)[C@@H](CO)O[C@H]1n1cc(F)c(=O)[nH]c1=O.C[C@@]1(N)[C@H](O)[C@@H](CO)O[C@H]1n1cnc2c(N)nc(N)nc21.C[C@@]1(N=[N+]=[N-])[C@H](O)[C@@H](CO)O[C@H]1n1cc(F)c(=O)[nH]c1=O.N#C[C@@H]1[C@H](O)[C@@H](CO)O[C@H]1n1cnc2c(N)nc(N)nc21.Nc1nc(N)c2ncn([C@@H]3O[C@H](CO)[C@@H](O)[C@H]3N)c2n1.[N-]=[N+]=N[C@@H]1[C@H](O)[C@@H](CO)O[C@H]1n1cnc2c(N)nc(N)nc21. The number of aliphatic hydroxyl groups is 14. The van der Waals surface area contributed by atoms with Crippen molar-refractivity contribution in [2.45, 2.75) is 185 Å². The lowest BCUT2D eigenvalue weighted by atomic mass is 9.84. The molecule has 0 aromatic carbocycles. The molecule has 7 aliphatic heterocycles. The van der Waals surface area contributed by atoms with Gasteiger partial charge >= 0.3 is 11.4 Å². The maximum absolute atomic E-state index is 13.4. The van der Waals surface area contributed by atoms with E-state index in [1.165, 1.54) is 75.2 Å². The summed E-state index contributed by atoms with van der Waals surface area (Å²) < 4.78 is 73.7. The van der Waals surface area contributed by atoms with Crippen LogP contribution in [0.5, 0.6) is 0 Å². The lowest BCUT2D eigenvalue weighted by Crippen LogP contribution is -2.53. The predicted molar refractivity (Wildman–Crippen MR) is 489 cm³/mol. The molecule has 7 aliphatic rings. The maximum Gasteiger partial charge on any atom is 0.330 e. The van der Waals surface area contributed by atoms with Crippen LogP contribution in [0, 0.1) is 45.6 Å². The van der Waals surface area contributed by atoms with E-state index >= 15 is 0 Å². The molecule has 42 N–H and O–H groups in total. The maximum atomic E-state index is 13.4. The van der Waals surface area contributed by atoms with Crippen molar-refractivity contribution in [1.29, 1.82) is 10.5 Å². The molecule has 0 radical (unpaired) electrons. The summed E-state index contributed by atoms with van der Waals surface area (Å²) >= 11 is 0. The molecular formula is C74H99F2N45O25. The average Bonchev–Trinajstić information content (AvgIpc) is 1.59. The molecular weight excluding hydrogens is 1960 g/mol. The molecule has 0 amide bonds. The number of hydrogen-bond acceptors (Lipinski definition) is 57. The number of halogens is 2. The number of rotatable bonds is 16. The Kier molecular flexibility index (Phi) is 31.7. The number of aromatic amines is 2. The van der Waals surface area contributed by atoms with Gasteiger partial charge in [0.2, 0.25) is 41.4 Å². The van der Waals surface area contributed by atoms with E-state index in [0.29, 0.717) is 67.1 Å². The average molecular weight is 2060 g/mol. The van der Waals surface area contributed by atoms with Gasteiger partial charge in [-0.2, -0.15) is 69.1 Å². The second-order valence-electron chi connectivity index (χ2n) is 34.0. The monoisotopic (exact) mass is 2060 g/mol. The molecule has 19 heterocycles. The Morgan fingerprint density at radius 2 is 0.719 bits per heavy atom. The Labute approximate surface area is 810 Å². The summed E-state index contributed by atoms with van der Waals surface area (Å²) in [6.45, 7) is 2.80. The number of aliphatic hydroxyl groups excluding tert-OH is 14. The van der Waals surface area contributed by atoms with Gasteiger partial charge in [-0.1, -0.05) is 10.2 Å². The molecule has 7 fully saturated rings. The van der Waals surface area contributed by atoms with Gasteiger partial charge in [-0.15, -0.1) is 0 Å². The number of nitriles is 2. The van der Waals surface area contributed by atoms with Crippen molar-refractivity contribution < 1.29 is 113 Å². The van der Waals surface area contributed by atoms with E-state index < -0.39 is 236 Å². The van der Waals surface area contributed by atoms with Gasteiger partial charge in [0.15, 0.2) is 94.7 Å². The summed E-state index contributed by atoms with van der Waals surface area (Å²) in [5, 5.41) is 160. The number of nitrogens with two attached hydrogens (primary N) is 13. The molecule has 12 aromatic heterocycles. The molecule has 0 bridgehead atoms. The highest BCUT2D eigenvalue weighted by Crippen LogP contribution is 2.48. The molecule has 0 aliphatic carbocycles. The molecule has 28 atom stereocenters. The topological polar surface area (TPSA) is 1160 Å². The van der Waals surface area contributed by atoms with Gasteiger partial charge < -0.3 is 179 Å². The van der Waals surface area contributed by atoms with E-state index in [1.54, 1.807) is 16.9 Å². The Bertz CT molecular complexity index is 7250. The number of hydrogen-bond donors (Lipinski definition) is 29. The zero-order valence-corrected chi connectivity index (χ0v) is 76.3. The number of anilines is 10. The number of imidazole rings is 5. The van der Waals surface area contributed by atoms with Crippen molar-refractivity contribution in [3.05, 3.63) is 118 Å². The van der Waals surface area contributed by atoms with Crippen molar-refractivity contribution in [3.8, 4) is 12.1 Å². The summed E-state index contributed by atoms with van der Waals surface area (Å²) in [5.74, 6) is -2.82. The van der Waals surface area contributed by atoms with Crippen LogP contribution in [0.25, 0.3) is 76.7 Å². The zero-order valence-electron chi connectivity index (χ0n) is 76.3. The largest absolute Gasteiger partial charge is 0.394 e. The van der Waals surface area contributed by atoms with E-state index in [1.807, 2.05) is 12.1 Å². The number of fused-ring (bicyclic) bond motifs is 5. The van der Waals surface area contributed by atoms with Gasteiger partial charge in [0, 0.05) is 9.82 Å². The highest BCUT2D eigenvalue weighted by molar-refractivity contribution is 5.86. The fraction of sp³-hybridized carbons (Fsp3) is 0.527. The summed E-state index contributed by atoms with van der Waals surface area (Å²) in [5.41, 5.74) is 85.2. The van der Waals surface area contributed by atoms with Gasteiger partial charge in [-0.3, -0.25) is 51.5 Å². The van der Waals surface area contributed by atoms with Crippen LogP contribution in [0.4, 0.5) is 67.6 Å². The first-order valence-corrected chi connectivity index (χ1v) is 42.7. The third-order valence-corrected chi connectivity index (χ3v) is 24.4. The summed E-state index contributed by atoms with van der Waals surface area (Å²) in [7, 11) is 0. The van der Waals surface area contributed by atoms with E-state index in [4.69, 9.17) is 134 Å². The highest BCUT2D eigenvalue weighted by Gasteiger charge is 2.58. The van der Waals surface area contributed by atoms with Crippen molar-refractivity contribution in [1.82, 2.24) is 117 Å². The fourth-order valence-electron chi connectivity index (χ4n) is 16.7.